The smallest absolute Gasteiger partial charge is 0.346 e. The molecular formula is C15H11F4N5O3S2. The Labute approximate surface area is 165 Å². The fraction of sp³-hybridized carbons (Fsp3) is 0.133. The van der Waals surface area contributed by atoms with Crippen LogP contribution in [-0.4, -0.2) is 29.3 Å². The number of amides is 1. The number of sulfonamides is 1. The molecule has 29 heavy (non-hydrogen) atoms. The predicted octanol–water partition coefficient (Wildman–Crippen LogP) is 2.06. The highest BCUT2D eigenvalue weighted by atomic mass is 32.2. The summed E-state index contributed by atoms with van der Waals surface area (Å²) in [5, 5.41) is 13.9. The van der Waals surface area contributed by atoms with E-state index in [4.69, 9.17) is 5.14 Å². The van der Waals surface area contributed by atoms with E-state index in [1.54, 1.807) is 0 Å². The first kappa shape index (κ1) is 20.9. The van der Waals surface area contributed by atoms with Crippen LogP contribution in [0.3, 0.4) is 0 Å². The largest absolute Gasteiger partial charge is 0.435 e. The van der Waals surface area contributed by atoms with Gasteiger partial charge in [-0.05, 0) is 36.4 Å². The lowest BCUT2D eigenvalue weighted by Gasteiger charge is -2.11. The first-order chi connectivity index (χ1) is 13.5. The molecule has 1 aromatic carbocycles. The molecule has 0 aliphatic rings. The summed E-state index contributed by atoms with van der Waals surface area (Å²) in [5.41, 5.74) is -2.55. The zero-order chi connectivity index (χ0) is 21.4. The van der Waals surface area contributed by atoms with E-state index in [1.807, 2.05) is 0 Å². The topological polar surface area (TPSA) is 120 Å². The van der Waals surface area contributed by atoms with Crippen LogP contribution in [0.2, 0.25) is 0 Å². The van der Waals surface area contributed by atoms with Crippen LogP contribution in [0, 0.1) is 5.82 Å². The minimum atomic E-state index is -4.98. The lowest BCUT2D eigenvalue weighted by atomic mass is 10.2. The lowest BCUT2D eigenvalue weighted by Crippen LogP contribution is -2.26. The van der Waals surface area contributed by atoms with Crippen molar-refractivity contribution >= 4 is 27.3 Å². The highest BCUT2D eigenvalue weighted by molar-refractivity contribution is 7.91. The molecule has 0 aliphatic carbocycles. The molecule has 3 rings (SSSR count). The van der Waals surface area contributed by atoms with Crippen LogP contribution in [-0.2, 0) is 22.7 Å². The Morgan fingerprint density at radius 2 is 1.83 bits per heavy atom. The van der Waals surface area contributed by atoms with Crippen LogP contribution in [0.15, 0.2) is 40.6 Å². The quantitative estimate of drug-likeness (QED) is 0.578. The molecule has 0 saturated heterocycles. The van der Waals surface area contributed by atoms with Crippen molar-refractivity contribution in [1.29, 1.82) is 0 Å². The van der Waals surface area contributed by atoms with E-state index in [-0.39, 0.29) is 16.4 Å². The number of alkyl halides is 3. The monoisotopic (exact) mass is 449 g/mol. The molecule has 154 valence electrons. The zero-order valence-corrected chi connectivity index (χ0v) is 15.8. The molecule has 0 unspecified atom stereocenters. The molecule has 0 atom stereocenters. The summed E-state index contributed by atoms with van der Waals surface area (Å²) in [6.07, 6.45) is -4.98. The Bertz CT molecular complexity index is 1150. The van der Waals surface area contributed by atoms with Crippen LogP contribution >= 0.6 is 11.3 Å². The number of aromatic nitrogens is 3. The number of rotatable bonds is 5. The molecule has 0 aliphatic heterocycles. The average Bonchev–Trinajstić information content (AvgIpc) is 3.27. The van der Waals surface area contributed by atoms with Gasteiger partial charge < -0.3 is 5.32 Å². The SMILES string of the molecule is NS(=O)(=O)c1ccc(CNC(=O)c2nnn(-c3ccc(F)cc3)c2C(F)(F)F)s1. The number of halogens is 4. The maximum atomic E-state index is 13.5. The Morgan fingerprint density at radius 1 is 1.17 bits per heavy atom. The maximum absolute atomic E-state index is 13.5. The summed E-state index contributed by atoms with van der Waals surface area (Å²) in [6.45, 7) is -0.250. The molecule has 0 spiro atoms. The van der Waals surface area contributed by atoms with E-state index >= 15 is 0 Å². The van der Waals surface area contributed by atoms with Gasteiger partial charge in [-0.25, -0.2) is 22.6 Å². The minimum Gasteiger partial charge on any atom is -0.346 e. The minimum absolute atomic E-state index is 0.138. The fourth-order valence-electron chi connectivity index (χ4n) is 2.31. The Kier molecular flexibility index (Phi) is 5.42. The van der Waals surface area contributed by atoms with Gasteiger partial charge in [-0.3, -0.25) is 4.79 Å². The van der Waals surface area contributed by atoms with Crippen LogP contribution in [0.5, 0.6) is 0 Å². The standard InChI is InChI=1S/C15H11F4N5O3S2/c16-8-1-3-9(4-2-8)24-13(15(17,18)19)12(22-23-24)14(25)21-7-10-5-6-11(28-10)29(20,26)27/h1-6H,7H2,(H,21,25)(H2,20,26,27). The number of benzene rings is 1. The molecule has 0 bridgehead atoms. The lowest BCUT2D eigenvalue weighted by molar-refractivity contribution is -0.143. The van der Waals surface area contributed by atoms with Crippen molar-refractivity contribution in [2.24, 2.45) is 5.14 Å². The molecule has 0 fully saturated rings. The highest BCUT2D eigenvalue weighted by Crippen LogP contribution is 2.32. The molecule has 0 radical (unpaired) electrons. The van der Waals surface area contributed by atoms with E-state index in [1.165, 1.54) is 12.1 Å². The fourth-order valence-corrected chi connectivity index (χ4v) is 4.03. The average molecular weight is 449 g/mol. The third-order valence-corrected chi connectivity index (χ3v) is 6.09. The molecule has 3 N–H and O–H groups in total. The van der Waals surface area contributed by atoms with Crippen LogP contribution < -0.4 is 10.5 Å². The molecule has 3 aromatic rings. The van der Waals surface area contributed by atoms with Gasteiger partial charge in [0, 0.05) is 4.88 Å². The van der Waals surface area contributed by atoms with E-state index < -0.39 is 39.3 Å². The third kappa shape index (κ3) is 4.60. The third-order valence-electron chi connectivity index (χ3n) is 3.57. The second-order valence-corrected chi connectivity index (χ2v) is 8.58. The van der Waals surface area contributed by atoms with Gasteiger partial charge in [-0.15, -0.1) is 16.4 Å². The van der Waals surface area contributed by atoms with Gasteiger partial charge >= 0.3 is 6.18 Å². The molecule has 2 aromatic heterocycles. The highest BCUT2D eigenvalue weighted by Gasteiger charge is 2.42. The van der Waals surface area contributed by atoms with E-state index in [0.717, 1.165) is 35.6 Å². The zero-order valence-electron chi connectivity index (χ0n) is 14.1. The number of thiophene rings is 1. The number of primary sulfonamides is 1. The van der Waals surface area contributed by atoms with Crippen molar-refractivity contribution < 1.29 is 30.8 Å². The first-order valence-corrected chi connectivity index (χ1v) is 10.0. The predicted molar refractivity (Wildman–Crippen MR) is 93.2 cm³/mol. The van der Waals surface area contributed by atoms with Gasteiger partial charge in [0.15, 0.2) is 11.4 Å². The second-order valence-electron chi connectivity index (χ2n) is 5.62. The van der Waals surface area contributed by atoms with Crippen molar-refractivity contribution in [3.05, 3.63) is 58.5 Å². The van der Waals surface area contributed by atoms with Crippen LogP contribution in [0.4, 0.5) is 17.6 Å². The maximum Gasteiger partial charge on any atom is 0.435 e. The first-order valence-electron chi connectivity index (χ1n) is 7.65. The number of hydrogen-bond acceptors (Lipinski definition) is 6. The Balaban J connectivity index is 1.87. The normalized spacial score (nSPS) is 12.2. The van der Waals surface area contributed by atoms with Crippen molar-refractivity contribution in [2.45, 2.75) is 16.9 Å². The van der Waals surface area contributed by atoms with Crippen LogP contribution in [0.25, 0.3) is 5.69 Å². The van der Waals surface area contributed by atoms with Gasteiger partial charge in [0.25, 0.3) is 5.91 Å². The second kappa shape index (κ2) is 7.53. The van der Waals surface area contributed by atoms with E-state index in [0.29, 0.717) is 9.56 Å². The number of carbonyl (C=O) groups is 1. The van der Waals surface area contributed by atoms with E-state index in [2.05, 4.69) is 15.6 Å². The number of nitrogens with one attached hydrogen (secondary N) is 1. The van der Waals surface area contributed by atoms with Crippen LogP contribution in [0.1, 0.15) is 21.1 Å². The summed E-state index contributed by atoms with van der Waals surface area (Å²) in [6, 6.07) is 6.58. The van der Waals surface area contributed by atoms with Gasteiger partial charge in [0.2, 0.25) is 10.0 Å². The molecule has 0 saturated carbocycles. The van der Waals surface area contributed by atoms with Crippen molar-refractivity contribution in [2.75, 3.05) is 0 Å². The van der Waals surface area contributed by atoms with Crippen molar-refractivity contribution in [1.82, 2.24) is 20.3 Å². The van der Waals surface area contributed by atoms with Gasteiger partial charge in [0.05, 0.1) is 12.2 Å². The van der Waals surface area contributed by atoms with E-state index in [9.17, 15) is 30.8 Å². The summed E-state index contributed by atoms with van der Waals surface area (Å²) in [7, 11) is -3.92. The molecule has 14 heteroatoms. The van der Waals surface area contributed by atoms with Gasteiger partial charge in [-0.1, -0.05) is 5.21 Å². The Hall–Kier alpha value is -2.84. The molecule has 2 heterocycles. The summed E-state index contributed by atoms with van der Waals surface area (Å²) in [5.74, 6) is -1.83. The number of hydrogen-bond donors (Lipinski definition) is 2. The summed E-state index contributed by atoms with van der Waals surface area (Å²) < 4.78 is 76.4. The number of carbonyl (C=O) groups excluding carboxylic acids is 1. The molecular weight excluding hydrogens is 438 g/mol. The van der Waals surface area contributed by atoms with Gasteiger partial charge in [-0.2, -0.15) is 13.2 Å². The van der Waals surface area contributed by atoms with Crippen molar-refractivity contribution in [3.8, 4) is 5.69 Å². The van der Waals surface area contributed by atoms with Crippen molar-refractivity contribution in [3.63, 3.8) is 0 Å². The Morgan fingerprint density at radius 3 is 2.38 bits per heavy atom. The number of nitrogens with zero attached hydrogens (tertiary/aromatic N) is 3. The summed E-state index contributed by atoms with van der Waals surface area (Å²) in [4.78, 5) is 12.6. The molecule has 1 amide bonds. The number of nitrogens with two attached hydrogens (primary N) is 1. The molecule has 8 nitrogen and oxygen atoms in total. The van der Waals surface area contributed by atoms with Gasteiger partial charge in [0.1, 0.15) is 10.0 Å². The summed E-state index contributed by atoms with van der Waals surface area (Å²) >= 11 is 0.763.